The van der Waals surface area contributed by atoms with E-state index in [0.717, 1.165) is 56.2 Å². The molecule has 250 valence electrons. The van der Waals surface area contributed by atoms with Gasteiger partial charge in [0.05, 0.1) is 22.1 Å². The average molecular weight is 680 g/mol. The molecule has 0 atom stereocenters. The van der Waals surface area contributed by atoms with Crippen LogP contribution in [0.3, 0.4) is 0 Å². The Balaban J connectivity index is 1.16. The van der Waals surface area contributed by atoms with Crippen LogP contribution < -0.4 is 0 Å². The maximum atomic E-state index is 5.16. The van der Waals surface area contributed by atoms with Crippen LogP contribution in [-0.4, -0.2) is 24.1 Å². The highest BCUT2D eigenvalue weighted by molar-refractivity contribution is 6.12. The molecule has 0 spiro atoms. The highest BCUT2D eigenvalue weighted by Crippen LogP contribution is 2.38. The number of rotatable bonds is 7. The molecule has 0 fully saturated rings. The van der Waals surface area contributed by atoms with Crippen LogP contribution in [0.5, 0.6) is 0 Å². The first kappa shape index (κ1) is 30.7. The molecule has 0 bridgehead atoms. The Labute approximate surface area is 306 Å². The molecule has 7 aromatic carbocycles. The van der Waals surface area contributed by atoms with Crippen molar-refractivity contribution >= 4 is 43.6 Å². The van der Waals surface area contributed by atoms with E-state index in [1.165, 1.54) is 27.4 Å². The Kier molecular flexibility index (Phi) is 7.29. The Morgan fingerprint density at radius 2 is 0.943 bits per heavy atom. The topological polar surface area (TPSA) is 48.5 Å². The van der Waals surface area contributed by atoms with Crippen LogP contribution in [0, 0.1) is 0 Å². The number of hydrogen-bond donors (Lipinski definition) is 0. The molecule has 0 aliphatic rings. The number of para-hydroxylation sites is 3. The molecule has 0 radical (unpaired) electrons. The Morgan fingerprint density at radius 1 is 0.415 bits per heavy atom. The summed E-state index contributed by atoms with van der Waals surface area (Å²) in [7, 11) is 0. The molecule has 5 heteroatoms. The molecule has 0 amide bonds. The van der Waals surface area contributed by atoms with Crippen molar-refractivity contribution in [3.05, 3.63) is 188 Å². The van der Waals surface area contributed by atoms with Crippen molar-refractivity contribution in [2.45, 2.75) is 6.42 Å². The first-order valence-corrected chi connectivity index (χ1v) is 17.9. The summed E-state index contributed by atoms with van der Waals surface area (Å²) in [6, 6.07) is 59.8. The number of hydrogen-bond acceptors (Lipinski definition) is 3. The van der Waals surface area contributed by atoms with Gasteiger partial charge in [0.2, 0.25) is 5.95 Å². The molecule has 0 saturated heterocycles. The van der Waals surface area contributed by atoms with Crippen molar-refractivity contribution in [2.24, 2.45) is 0 Å². The number of nitrogens with zero attached hydrogens (tertiary/aromatic N) is 5. The highest BCUT2D eigenvalue weighted by atomic mass is 15.2. The van der Waals surface area contributed by atoms with E-state index in [-0.39, 0.29) is 0 Å². The smallest absolute Gasteiger partial charge is 0.238 e. The molecule has 3 heterocycles. The Morgan fingerprint density at radius 3 is 1.60 bits per heavy atom. The van der Waals surface area contributed by atoms with E-state index >= 15 is 0 Å². The van der Waals surface area contributed by atoms with Crippen molar-refractivity contribution in [3.8, 4) is 45.5 Å². The van der Waals surface area contributed by atoms with E-state index in [1.807, 2.05) is 36.4 Å². The van der Waals surface area contributed by atoms with Crippen LogP contribution in [0.15, 0.2) is 183 Å². The lowest BCUT2D eigenvalue weighted by molar-refractivity contribution is 0.953. The largest absolute Gasteiger partial charge is 0.309 e. The molecule has 10 rings (SSSR count). The minimum atomic E-state index is 0.581. The molecule has 53 heavy (non-hydrogen) atoms. The molecule has 10 aromatic rings. The molecule has 0 aliphatic heterocycles. The fourth-order valence-electron chi connectivity index (χ4n) is 7.69. The molecule has 0 unspecified atom stereocenters. The van der Waals surface area contributed by atoms with Crippen LogP contribution in [0.2, 0.25) is 0 Å². The van der Waals surface area contributed by atoms with E-state index < -0.39 is 0 Å². The minimum Gasteiger partial charge on any atom is -0.309 e. The molecule has 5 nitrogen and oxygen atoms in total. The van der Waals surface area contributed by atoms with Crippen molar-refractivity contribution in [1.29, 1.82) is 0 Å². The zero-order chi connectivity index (χ0) is 35.3. The number of fused-ring (bicyclic) bond motifs is 6. The second kappa shape index (κ2) is 12.6. The third-order valence-corrected chi connectivity index (χ3v) is 10.1. The van der Waals surface area contributed by atoms with Gasteiger partial charge in [-0.25, -0.2) is 4.98 Å². The van der Waals surface area contributed by atoms with Crippen molar-refractivity contribution in [1.82, 2.24) is 24.1 Å². The van der Waals surface area contributed by atoms with E-state index in [0.29, 0.717) is 17.6 Å². The van der Waals surface area contributed by atoms with E-state index in [2.05, 4.69) is 155 Å². The van der Waals surface area contributed by atoms with Gasteiger partial charge in [-0.1, -0.05) is 121 Å². The fraction of sp³-hybridized carbons (Fsp3) is 0.0208. The van der Waals surface area contributed by atoms with Crippen molar-refractivity contribution < 1.29 is 0 Å². The van der Waals surface area contributed by atoms with Gasteiger partial charge in [0.1, 0.15) is 0 Å². The maximum absolute atomic E-state index is 5.16. The predicted octanol–water partition coefficient (Wildman–Crippen LogP) is 11.8. The zero-order valence-corrected chi connectivity index (χ0v) is 28.9. The highest BCUT2D eigenvalue weighted by Gasteiger charge is 2.19. The maximum Gasteiger partial charge on any atom is 0.238 e. The summed E-state index contributed by atoms with van der Waals surface area (Å²) in [6.45, 7) is 3.94. The average Bonchev–Trinajstić information content (AvgIpc) is 3.74. The lowest BCUT2D eigenvalue weighted by Crippen LogP contribution is -2.06. The van der Waals surface area contributed by atoms with Crippen LogP contribution in [0.1, 0.15) is 5.56 Å². The van der Waals surface area contributed by atoms with E-state index in [1.54, 1.807) is 0 Å². The first-order chi connectivity index (χ1) is 26.2. The molecule has 0 aliphatic carbocycles. The molecular formula is C48H33N5. The van der Waals surface area contributed by atoms with Crippen LogP contribution >= 0.6 is 0 Å². The summed E-state index contributed by atoms with van der Waals surface area (Å²) in [5.74, 6) is 1.84. The molecule has 0 saturated carbocycles. The van der Waals surface area contributed by atoms with Crippen LogP contribution in [0.4, 0.5) is 0 Å². The van der Waals surface area contributed by atoms with Gasteiger partial charge >= 0.3 is 0 Å². The lowest BCUT2D eigenvalue weighted by Gasteiger charge is -2.11. The van der Waals surface area contributed by atoms with Gasteiger partial charge in [-0.3, -0.25) is 4.57 Å². The second-order valence-electron chi connectivity index (χ2n) is 13.3. The summed E-state index contributed by atoms with van der Waals surface area (Å²) in [4.78, 5) is 15.3. The minimum absolute atomic E-state index is 0.581. The summed E-state index contributed by atoms with van der Waals surface area (Å²) < 4.78 is 4.53. The normalized spacial score (nSPS) is 11.5. The molecule has 3 aromatic heterocycles. The SMILES string of the molecule is C=CCc1cccc(-c2nc(-c3ccccc3)nc(-n3c4ccccc4c4cc(-c5ccc6c(c5)c5ccccc5n6-c5ccccc5)ccc43)n2)c1. The van der Waals surface area contributed by atoms with Gasteiger partial charge in [-0.15, -0.1) is 6.58 Å². The summed E-state index contributed by atoms with van der Waals surface area (Å²) >= 11 is 0. The van der Waals surface area contributed by atoms with E-state index in [4.69, 9.17) is 15.0 Å². The summed E-state index contributed by atoms with van der Waals surface area (Å²) in [5.41, 5.74) is 11.0. The molecule has 0 N–H and O–H groups in total. The summed E-state index contributed by atoms with van der Waals surface area (Å²) in [6.07, 6.45) is 2.69. The monoisotopic (exact) mass is 679 g/mol. The Bertz CT molecular complexity index is 2990. The van der Waals surface area contributed by atoms with Gasteiger partial charge in [0, 0.05) is 38.4 Å². The second-order valence-corrected chi connectivity index (χ2v) is 13.3. The van der Waals surface area contributed by atoms with Gasteiger partial charge in [-0.2, -0.15) is 9.97 Å². The third-order valence-electron chi connectivity index (χ3n) is 10.1. The van der Waals surface area contributed by atoms with Crippen molar-refractivity contribution in [3.63, 3.8) is 0 Å². The number of aromatic nitrogens is 5. The lowest BCUT2D eigenvalue weighted by atomic mass is 10.0. The quantitative estimate of drug-likeness (QED) is 0.158. The molecular weight excluding hydrogens is 647 g/mol. The predicted molar refractivity (Wildman–Crippen MR) is 219 cm³/mol. The zero-order valence-electron chi connectivity index (χ0n) is 28.9. The summed E-state index contributed by atoms with van der Waals surface area (Å²) in [5, 5.41) is 4.75. The van der Waals surface area contributed by atoms with Gasteiger partial charge in [0.25, 0.3) is 0 Å². The first-order valence-electron chi connectivity index (χ1n) is 17.9. The standard InChI is InChI=1S/C48H33N5/c1-2-14-32-15-13-18-36(29-32)47-49-46(33-16-5-3-6-17-33)50-48(51-47)53-43-24-12-10-22-39(43)41-31-35(26-28-45(41)53)34-25-27-44-40(30-34)38-21-9-11-23-42(38)52(44)37-19-7-4-8-20-37/h2-13,15-31H,1,14H2. The Hall–Kier alpha value is -7.11. The van der Waals surface area contributed by atoms with E-state index in [9.17, 15) is 0 Å². The van der Waals surface area contributed by atoms with Gasteiger partial charge in [0.15, 0.2) is 11.6 Å². The van der Waals surface area contributed by atoms with Gasteiger partial charge < -0.3 is 4.57 Å². The number of allylic oxidation sites excluding steroid dienone is 1. The van der Waals surface area contributed by atoms with Gasteiger partial charge in [-0.05, 0) is 77.7 Å². The third kappa shape index (κ3) is 5.21. The van der Waals surface area contributed by atoms with Crippen LogP contribution in [-0.2, 0) is 6.42 Å². The van der Waals surface area contributed by atoms with Crippen molar-refractivity contribution in [2.75, 3.05) is 0 Å². The number of benzene rings is 7. The fourth-order valence-corrected chi connectivity index (χ4v) is 7.69. The van der Waals surface area contributed by atoms with Crippen LogP contribution in [0.25, 0.3) is 89.2 Å².